The lowest BCUT2D eigenvalue weighted by atomic mass is 10.1. The van der Waals surface area contributed by atoms with Crippen LogP contribution in [0.25, 0.3) is 0 Å². The second-order valence-corrected chi connectivity index (χ2v) is 7.52. The van der Waals surface area contributed by atoms with Gasteiger partial charge >= 0.3 is 0 Å². The van der Waals surface area contributed by atoms with Gasteiger partial charge in [0.2, 0.25) is 5.91 Å². The van der Waals surface area contributed by atoms with Crippen LogP contribution in [-0.2, 0) is 17.9 Å². The van der Waals surface area contributed by atoms with E-state index in [4.69, 9.17) is 0 Å². The first kappa shape index (κ1) is 17.1. The summed E-state index contributed by atoms with van der Waals surface area (Å²) in [7, 11) is 2.12. The number of carbonyl (C=O) groups is 1. The maximum Gasteiger partial charge on any atom is 0.224 e. The van der Waals surface area contributed by atoms with Crippen LogP contribution in [-0.4, -0.2) is 40.3 Å². The molecule has 4 nitrogen and oxygen atoms in total. The van der Waals surface area contributed by atoms with Crippen LogP contribution in [0.3, 0.4) is 0 Å². The van der Waals surface area contributed by atoms with Crippen LogP contribution in [0.2, 0.25) is 0 Å². The summed E-state index contributed by atoms with van der Waals surface area (Å²) < 4.78 is 0. The molecule has 0 N–H and O–H groups in total. The van der Waals surface area contributed by atoms with Crippen molar-refractivity contribution in [3.8, 4) is 0 Å². The maximum atomic E-state index is 13.0. The van der Waals surface area contributed by atoms with Gasteiger partial charge in [0.15, 0.2) is 0 Å². The summed E-state index contributed by atoms with van der Waals surface area (Å²) in [6.07, 6.45) is 2.93. The van der Waals surface area contributed by atoms with E-state index in [1.54, 1.807) is 11.3 Å². The molecule has 1 fully saturated rings. The number of carbonyl (C=O) groups excluding carboxylic acids is 1. The Kier molecular flexibility index (Phi) is 5.63. The number of amides is 1. The predicted molar refractivity (Wildman–Crippen MR) is 97.8 cm³/mol. The molecule has 1 aliphatic heterocycles. The molecule has 2 aromatic rings. The number of thiazole rings is 1. The van der Waals surface area contributed by atoms with Crippen molar-refractivity contribution in [1.82, 2.24) is 14.8 Å². The molecule has 1 saturated heterocycles. The van der Waals surface area contributed by atoms with E-state index in [1.165, 1.54) is 16.9 Å². The highest BCUT2D eigenvalue weighted by atomic mass is 32.1. The average Bonchev–Trinajstić information content (AvgIpc) is 3.17. The number of benzene rings is 1. The number of hydrogen-bond acceptors (Lipinski definition) is 4. The summed E-state index contributed by atoms with van der Waals surface area (Å²) in [6, 6.07) is 10.6. The topological polar surface area (TPSA) is 36.4 Å². The predicted octanol–water partition coefficient (Wildman–Crippen LogP) is 3.46. The molecule has 24 heavy (non-hydrogen) atoms. The Balaban J connectivity index is 1.73. The van der Waals surface area contributed by atoms with Gasteiger partial charge < -0.3 is 9.80 Å². The summed E-state index contributed by atoms with van der Waals surface area (Å²) in [4.78, 5) is 22.8. The first-order valence-corrected chi connectivity index (χ1v) is 9.42. The Morgan fingerprint density at radius 3 is 2.75 bits per heavy atom. The van der Waals surface area contributed by atoms with Crippen molar-refractivity contribution in [3.63, 3.8) is 0 Å². The van der Waals surface area contributed by atoms with Gasteiger partial charge in [-0.2, -0.15) is 0 Å². The smallest absolute Gasteiger partial charge is 0.224 e. The number of rotatable bonds is 6. The van der Waals surface area contributed by atoms with E-state index >= 15 is 0 Å². The normalized spacial score (nSPS) is 18.0. The summed E-state index contributed by atoms with van der Waals surface area (Å²) in [5.74, 6) is 0.241. The lowest BCUT2D eigenvalue weighted by Crippen LogP contribution is -2.36. The van der Waals surface area contributed by atoms with Crippen LogP contribution >= 0.6 is 11.3 Å². The molecule has 0 saturated carbocycles. The molecule has 0 bridgehead atoms. The van der Waals surface area contributed by atoms with Crippen molar-refractivity contribution in [3.05, 3.63) is 52.0 Å². The van der Waals surface area contributed by atoms with Crippen LogP contribution in [0.4, 0.5) is 0 Å². The SMILES string of the molecule is Cc1ncsc1CN(Cc1ccccc1)C(=O)CC1CCCN1C. The van der Waals surface area contributed by atoms with E-state index in [9.17, 15) is 4.79 Å². The molecule has 1 aromatic heterocycles. The van der Waals surface area contributed by atoms with E-state index in [2.05, 4.69) is 29.1 Å². The quantitative estimate of drug-likeness (QED) is 0.806. The molecule has 1 aliphatic rings. The van der Waals surface area contributed by atoms with Crippen molar-refractivity contribution >= 4 is 17.2 Å². The Morgan fingerprint density at radius 2 is 2.12 bits per heavy atom. The zero-order valence-corrected chi connectivity index (χ0v) is 15.3. The Hall–Kier alpha value is -1.72. The van der Waals surface area contributed by atoms with Gasteiger partial charge in [0, 0.05) is 23.9 Å². The standard InChI is InChI=1S/C19H25N3OS/c1-15-18(24-14-20-15)13-22(12-16-7-4-3-5-8-16)19(23)11-17-9-6-10-21(17)2/h3-5,7-8,14,17H,6,9-13H2,1-2H3. The highest BCUT2D eigenvalue weighted by Crippen LogP contribution is 2.22. The van der Waals surface area contributed by atoms with Gasteiger partial charge in [-0.25, -0.2) is 4.98 Å². The summed E-state index contributed by atoms with van der Waals surface area (Å²) in [5.41, 5.74) is 4.07. The van der Waals surface area contributed by atoms with Gasteiger partial charge in [-0.05, 0) is 38.9 Å². The Labute approximate surface area is 148 Å². The van der Waals surface area contributed by atoms with E-state index in [0.717, 1.165) is 18.7 Å². The molecule has 0 aliphatic carbocycles. The van der Waals surface area contributed by atoms with E-state index in [1.807, 2.05) is 35.5 Å². The highest BCUT2D eigenvalue weighted by molar-refractivity contribution is 7.09. The zero-order valence-electron chi connectivity index (χ0n) is 14.4. The second kappa shape index (κ2) is 7.90. The minimum Gasteiger partial charge on any atom is -0.333 e. The monoisotopic (exact) mass is 343 g/mol. The summed E-state index contributed by atoms with van der Waals surface area (Å²) in [5, 5.41) is 0. The van der Waals surface area contributed by atoms with Crippen molar-refractivity contribution in [1.29, 1.82) is 0 Å². The van der Waals surface area contributed by atoms with E-state index < -0.39 is 0 Å². The number of aromatic nitrogens is 1. The molecule has 128 valence electrons. The molecule has 0 radical (unpaired) electrons. The van der Waals surface area contributed by atoms with Crippen LogP contribution in [0, 0.1) is 6.92 Å². The Bertz CT molecular complexity index is 670. The number of nitrogens with zero attached hydrogens (tertiary/aromatic N) is 3. The van der Waals surface area contributed by atoms with Crippen molar-refractivity contribution in [2.75, 3.05) is 13.6 Å². The lowest BCUT2D eigenvalue weighted by molar-refractivity contribution is -0.133. The van der Waals surface area contributed by atoms with Crippen LogP contribution in [0.5, 0.6) is 0 Å². The highest BCUT2D eigenvalue weighted by Gasteiger charge is 2.26. The molecule has 5 heteroatoms. The summed E-state index contributed by atoms with van der Waals surface area (Å²) in [6.45, 7) is 4.43. The Morgan fingerprint density at radius 1 is 1.33 bits per heavy atom. The van der Waals surface area contributed by atoms with Crippen molar-refractivity contribution in [2.24, 2.45) is 0 Å². The largest absolute Gasteiger partial charge is 0.333 e. The first-order valence-electron chi connectivity index (χ1n) is 8.54. The third-order valence-electron chi connectivity index (χ3n) is 4.83. The molecule has 1 unspecified atom stereocenters. The minimum atomic E-state index is 0.241. The number of aryl methyl sites for hydroxylation is 1. The van der Waals surface area contributed by atoms with Gasteiger partial charge in [-0.1, -0.05) is 30.3 Å². The summed E-state index contributed by atoms with van der Waals surface area (Å²) >= 11 is 1.63. The van der Waals surface area contributed by atoms with Crippen LogP contribution in [0.15, 0.2) is 35.8 Å². The molecular formula is C19H25N3OS. The van der Waals surface area contributed by atoms with Crippen LogP contribution < -0.4 is 0 Å². The first-order chi connectivity index (χ1) is 11.6. The molecule has 0 spiro atoms. The number of hydrogen-bond donors (Lipinski definition) is 0. The molecule has 3 rings (SSSR count). The third-order valence-corrected chi connectivity index (χ3v) is 5.75. The van der Waals surface area contributed by atoms with Gasteiger partial charge in [-0.3, -0.25) is 4.79 Å². The number of likely N-dealkylation sites (tertiary alicyclic amines) is 1. The molecule has 1 aromatic carbocycles. The molecule has 2 heterocycles. The van der Waals surface area contributed by atoms with Crippen LogP contribution in [0.1, 0.15) is 35.4 Å². The van der Waals surface area contributed by atoms with Gasteiger partial charge in [-0.15, -0.1) is 11.3 Å². The van der Waals surface area contributed by atoms with E-state index in [0.29, 0.717) is 25.6 Å². The van der Waals surface area contributed by atoms with E-state index in [-0.39, 0.29) is 5.91 Å². The average molecular weight is 343 g/mol. The fourth-order valence-electron chi connectivity index (χ4n) is 3.26. The van der Waals surface area contributed by atoms with Gasteiger partial charge in [0.05, 0.1) is 17.7 Å². The molecule has 1 atom stereocenters. The molecular weight excluding hydrogens is 318 g/mol. The van der Waals surface area contributed by atoms with Gasteiger partial charge in [0.1, 0.15) is 0 Å². The fraction of sp³-hybridized carbons (Fsp3) is 0.474. The minimum absolute atomic E-state index is 0.241. The third kappa shape index (κ3) is 4.22. The van der Waals surface area contributed by atoms with Crippen molar-refractivity contribution in [2.45, 2.75) is 45.3 Å². The van der Waals surface area contributed by atoms with Gasteiger partial charge in [0.25, 0.3) is 0 Å². The fourth-order valence-corrected chi connectivity index (χ4v) is 4.05. The zero-order chi connectivity index (χ0) is 16.9. The molecule has 1 amide bonds. The van der Waals surface area contributed by atoms with Crippen molar-refractivity contribution < 1.29 is 4.79 Å². The lowest BCUT2D eigenvalue weighted by Gasteiger charge is -2.26. The second-order valence-electron chi connectivity index (χ2n) is 6.58. The maximum absolute atomic E-state index is 13.0.